The third-order valence-electron chi connectivity index (χ3n) is 4.75. The average molecular weight is 324 g/mol. The summed E-state index contributed by atoms with van der Waals surface area (Å²) in [6.07, 6.45) is 5.06. The Balaban J connectivity index is 1.55. The molecule has 1 aliphatic carbocycles. The molecule has 3 rings (SSSR count). The van der Waals surface area contributed by atoms with E-state index in [9.17, 15) is 0 Å². The highest BCUT2D eigenvalue weighted by atomic mass is 15.0. The number of hydrogen-bond donors (Lipinski definition) is 2. The van der Waals surface area contributed by atoms with Crippen molar-refractivity contribution in [3.63, 3.8) is 0 Å². The average Bonchev–Trinajstić information content (AvgIpc) is 2.59. The van der Waals surface area contributed by atoms with Crippen LogP contribution < -0.4 is 10.6 Å². The molecular formula is C20H28N4. The van der Waals surface area contributed by atoms with E-state index in [0.29, 0.717) is 12.1 Å². The summed E-state index contributed by atoms with van der Waals surface area (Å²) >= 11 is 0. The lowest BCUT2D eigenvalue weighted by Gasteiger charge is -2.33. The van der Waals surface area contributed by atoms with Crippen LogP contribution in [0.1, 0.15) is 48.5 Å². The number of rotatable bonds is 6. The van der Waals surface area contributed by atoms with E-state index in [1.54, 1.807) is 0 Å². The van der Waals surface area contributed by atoms with E-state index in [0.717, 1.165) is 35.9 Å². The lowest BCUT2D eigenvalue weighted by molar-refractivity contribution is 0.279. The molecule has 0 saturated heterocycles. The SMILES string of the molecule is Cc1cccc(CN[C@H]2CCCC[C@@H]2NCc2cccc(C)n2)n1. The van der Waals surface area contributed by atoms with Gasteiger partial charge in [-0.15, -0.1) is 0 Å². The summed E-state index contributed by atoms with van der Waals surface area (Å²) in [6, 6.07) is 13.5. The van der Waals surface area contributed by atoms with Gasteiger partial charge >= 0.3 is 0 Å². The van der Waals surface area contributed by atoms with Gasteiger partial charge in [-0.25, -0.2) is 0 Å². The van der Waals surface area contributed by atoms with E-state index in [1.807, 2.05) is 26.0 Å². The number of aromatic nitrogens is 2. The fourth-order valence-corrected chi connectivity index (χ4v) is 3.49. The van der Waals surface area contributed by atoms with Crippen LogP contribution in [0.25, 0.3) is 0 Å². The predicted octanol–water partition coefficient (Wildman–Crippen LogP) is 3.28. The van der Waals surface area contributed by atoms with E-state index in [-0.39, 0.29) is 0 Å². The Kier molecular flexibility index (Phi) is 5.94. The van der Waals surface area contributed by atoms with Gasteiger partial charge in [-0.2, -0.15) is 0 Å². The molecule has 2 aromatic heterocycles. The Hall–Kier alpha value is -1.78. The van der Waals surface area contributed by atoms with Crippen LogP contribution in [0.3, 0.4) is 0 Å². The number of pyridine rings is 2. The minimum atomic E-state index is 0.505. The first-order valence-corrected chi connectivity index (χ1v) is 9.02. The maximum atomic E-state index is 4.59. The maximum Gasteiger partial charge on any atom is 0.0544 e. The summed E-state index contributed by atoms with van der Waals surface area (Å²) in [6.45, 7) is 5.77. The molecule has 0 radical (unpaired) electrons. The lowest BCUT2D eigenvalue weighted by Crippen LogP contribution is -2.49. The third kappa shape index (κ3) is 4.86. The van der Waals surface area contributed by atoms with Crippen molar-refractivity contribution in [3.05, 3.63) is 59.2 Å². The van der Waals surface area contributed by atoms with Crippen molar-refractivity contribution in [2.24, 2.45) is 0 Å². The van der Waals surface area contributed by atoms with Crippen molar-refractivity contribution in [2.45, 2.75) is 64.7 Å². The fourth-order valence-electron chi connectivity index (χ4n) is 3.49. The smallest absolute Gasteiger partial charge is 0.0544 e. The van der Waals surface area contributed by atoms with Gasteiger partial charge in [0.15, 0.2) is 0 Å². The van der Waals surface area contributed by atoms with Gasteiger partial charge < -0.3 is 10.6 Å². The van der Waals surface area contributed by atoms with Gasteiger partial charge in [0.2, 0.25) is 0 Å². The van der Waals surface area contributed by atoms with E-state index in [2.05, 4.69) is 44.9 Å². The molecule has 2 N–H and O–H groups in total. The molecular weight excluding hydrogens is 296 g/mol. The van der Waals surface area contributed by atoms with Crippen molar-refractivity contribution >= 4 is 0 Å². The van der Waals surface area contributed by atoms with Crippen LogP contribution in [-0.4, -0.2) is 22.1 Å². The molecule has 0 bridgehead atoms. The minimum absolute atomic E-state index is 0.505. The Bertz CT molecular complexity index is 598. The number of aryl methyl sites for hydroxylation is 2. The Morgan fingerprint density at radius 3 is 1.67 bits per heavy atom. The number of hydrogen-bond acceptors (Lipinski definition) is 4. The van der Waals surface area contributed by atoms with E-state index in [1.165, 1.54) is 25.7 Å². The highest BCUT2D eigenvalue weighted by Crippen LogP contribution is 2.19. The van der Waals surface area contributed by atoms with Crippen LogP contribution >= 0.6 is 0 Å². The molecule has 2 aromatic rings. The van der Waals surface area contributed by atoms with Crippen LogP contribution in [0.4, 0.5) is 0 Å². The number of nitrogens with zero attached hydrogens (tertiary/aromatic N) is 2. The molecule has 0 amide bonds. The summed E-state index contributed by atoms with van der Waals surface area (Å²) in [5, 5.41) is 7.43. The monoisotopic (exact) mass is 324 g/mol. The molecule has 128 valence electrons. The van der Waals surface area contributed by atoms with Crippen LogP contribution in [0.5, 0.6) is 0 Å². The lowest BCUT2D eigenvalue weighted by atomic mass is 9.90. The second-order valence-electron chi connectivity index (χ2n) is 6.80. The molecule has 0 unspecified atom stereocenters. The zero-order valence-corrected chi connectivity index (χ0v) is 14.8. The molecule has 4 heteroatoms. The van der Waals surface area contributed by atoms with Gasteiger partial charge in [-0.3, -0.25) is 9.97 Å². The summed E-state index contributed by atoms with van der Waals surface area (Å²) in [4.78, 5) is 9.19. The largest absolute Gasteiger partial charge is 0.307 e. The van der Waals surface area contributed by atoms with Crippen molar-refractivity contribution in [2.75, 3.05) is 0 Å². The molecule has 0 spiro atoms. The van der Waals surface area contributed by atoms with Crippen molar-refractivity contribution in [1.82, 2.24) is 20.6 Å². The van der Waals surface area contributed by atoms with E-state index >= 15 is 0 Å². The second kappa shape index (κ2) is 8.36. The molecule has 0 aromatic carbocycles. The highest BCUT2D eigenvalue weighted by Gasteiger charge is 2.24. The molecule has 1 aliphatic rings. The first-order chi connectivity index (χ1) is 11.7. The minimum Gasteiger partial charge on any atom is -0.307 e. The fraction of sp³-hybridized carbons (Fsp3) is 0.500. The van der Waals surface area contributed by atoms with Gasteiger partial charge in [-0.05, 0) is 51.0 Å². The highest BCUT2D eigenvalue weighted by molar-refractivity contribution is 5.11. The first kappa shape index (κ1) is 17.1. The molecule has 2 heterocycles. The Morgan fingerprint density at radius 1 is 0.792 bits per heavy atom. The van der Waals surface area contributed by atoms with Gasteiger partial charge in [-0.1, -0.05) is 25.0 Å². The van der Waals surface area contributed by atoms with Gasteiger partial charge in [0, 0.05) is 36.6 Å². The normalized spacial score (nSPS) is 20.9. The molecule has 0 aliphatic heterocycles. The quantitative estimate of drug-likeness (QED) is 0.856. The van der Waals surface area contributed by atoms with E-state index in [4.69, 9.17) is 0 Å². The van der Waals surface area contributed by atoms with Gasteiger partial charge in [0.1, 0.15) is 0 Å². The first-order valence-electron chi connectivity index (χ1n) is 9.02. The third-order valence-corrected chi connectivity index (χ3v) is 4.75. The molecule has 1 fully saturated rings. The summed E-state index contributed by atoms with van der Waals surface area (Å²) in [7, 11) is 0. The zero-order chi connectivity index (χ0) is 16.8. The number of nitrogens with one attached hydrogen (secondary N) is 2. The molecule has 1 saturated carbocycles. The standard InChI is InChI=1S/C20H28N4/c1-15-7-5-9-17(23-15)13-21-19-11-3-4-12-20(19)22-14-18-10-6-8-16(2)24-18/h5-10,19-22H,3-4,11-14H2,1-2H3/t19-,20-/m0/s1. The van der Waals surface area contributed by atoms with Crippen LogP contribution in [-0.2, 0) is 13.1 Å². The molecule has 24 heavy (non-hydrogen) atoms. The van der Waals surface area contributed by atoms with Crippen molar-refractivity contribution in [3.8, 4) is 0 Å². The predicted molar refractivity (Wildman–Crippen MR) is 97.7 cm³/mol. The topological polar surface area (TPSA) is 49.8 Å². The summed E-state index contributed by atoms with van der Waals surface area (Å²) < 4.78 is 0. The Morgan fingerprint density at radius 2 is 1.25 bits per heavy atom. The van der Waals surface area contributed by atoms with Crippen molar-refractivity contribution < 1.29 is 0 Å². The summed E-state index contributed by atoms with van der Waals surface area (Å²) in [5.41, 5.74) is 4.41. The second-order valence-corrected chi connectivity index (χ2v) is 6.80. The van der Waals surface area contributed by atoms with Crippen LogP contribution in [0.2, 0.25) is 0 Å². The van der Waals surface area contributed by atoms with E-state index < -0.39 is 0 Å². The molecule has 4 nitrogen and oxygen atoms in total. The Labute approximate surface area is 145 Å². The summed E-state index contributed by atoms with van der Waals surface area (Å²) in [5.74, 6) is 0. The van der Waals surface area contributed by atoms with Gasteiger partial charge in [0.05, 0.1) is 11.4 Å². The molecule has 2 atom stereocenters. The van der Waals surface area contributed by atoms with Crippen LogP contribution in [0, 0.1) is 13.8 Å². The maximum absolute atomic E-state index is 4.59. The van der Waals surface area contributed by atoms with Crippen molar-refractivity contribution in [1.29, 1.82) is 0 Å². The van der Waals surface area contributed by atoms with Crippen LogP contribution in [0.15, 0.2) is 36.4 Å². The van der Waals surface area contributed by atoms with Gasteiger partial charge in [0.25, 0.3) is 0 Å². The zero-order valence-electron chi connectivity index (χ0n) is 14.8.